The largest absolute Gasteiger partial charge is 0.508 e. The number of aliphatic carboxylic acids is 2. The van der Waals surface area contributed by atoms with Gasteiger partial charge in [0.25, 0.3) is 0 Å². The Morgan fingerprint density at radius 2 is 0.921 bits per heavy atom. The van der Waals surface area contributed by atoms with E-state index in [4.69, 9.17) is 50.0 Å². The lowest BCUT2D eigenvalue weighted by molar-refractivity contribution is -0.192. The summed E-state index contributed by atoms with van der Waals surface area (Å²) >= 11 is 0. The fraction of sp³-hybridized carbons (Fsp3) is 0.646. The van der Waals surface area contributed by atoms with Crippen molar-refractivity contribution < 1.29 is 115 Å². The predicted molar refractivity (Wildman–Crippen MR) is 453 cm³/mol. The number of imidazole rings is 1. The molecule has 126 heavy (non-hydrogen) atoms. The number of carboxylic acids is 2. The summed E-state index contributed by atoms with van der Waals surface area (Å²) in [5.41, 5.74) is 37.2. The highest BCUT2D eigenvalue weighted by molar-refractivity contribution is 6.01. The number of primary amides is 3. The molecule has 13 atom stereocenters. The van der Waals surface area contributed by atoms with Crippen LogP contribution in [0.15, 0.2) is 41.8 Å². The number of aromatic nitrogens is 2. The van der Waals surface area contributed by atoms with E-state index in [0.29, 0.717) is 31.2 Å². The summed E-state index contributed by atoms with van der Waals surface area (Å²) in [6.07, 6.45) is -4.69. The number of nitrogens with zero attached hydrogens (tertiary/aromatic N) is 2. The number of halogens is 3. The number of H-pyrrole nitrogens is 1. The van der Waals surface area contributed by atoms with Crippen LogP contribution in [0.25, 0.3) is 0 Å². The lowest BCUT2D eigenvalue weighted by atomic mass is 9.96. The molecule has 44 nitrogen and oxygen atoms in total. The van der Waals surface area contributed by atoms with Gasteiger partial charge in [-0.05, 0) is 141 Å². The number of alkyl halides is 3. The number of phenols is 1. The Bertz CT molecular complexity index is 3990. The number of carbonyl (C=O) groups is 18. The van der Waals surface area contributed by atoms with E-state index < -0.39 is 247 Å². The van der Waals surface area contributed by atoms with Crippen LogP contribution in [0.4, 0.5) is 13.2 Å². The maximum Gasteiger partial charge on any atom is 0.490 e. The molecular weight excluding hydrogens is 1660 g/mol. The highest BCUT2D eigenvalue weighted by Crippen LogP contribution is 2.19. The van der Waals surface area contributed by atoms with Crippen molar-refractivity contribution in [3.8, 4) is 5.75 Å². The van der Waals surface area contributed by atoms with Crippen LogP contribution in [0, 0.1) is 17.8 Å². The van der Waals surface area contributed by atoms with Crippen LogP contribution < -0.4 is 109 Å². The average Bonchev–Trinajstić information content (AvgIpc) is 0.905. The van der Waals surface area contributed by atoms with Crippen molar-refractivity contribution in [3.63, 3.8) is 0 Å². The number of guanidine groups is 1. The van der Waals surface area contributed by atoms with E-state index in [1.54, 1.807) is 48.5 Å². The molecule has 0 bridgehead atoms. The number of hydrogen-bond acceptors (Lipinski definition) is 23. The first-order valence-corrected chi connectivity index (χ1v) is 40.7. The Hall–Kier alpha value is -12.3. The number of rotatable bonds is 56. The molecule has 0 saturated heterocycles. The molecule has 16 amide bonds. The minimum atomic E-state index is -5.08. The number of phenolic OH excluding ortho intramolecular Hbond substituents is 1. The molecule has 31 N–H and O–H groups in total. The zero-order chi connectivity index (χ0) is 95.6. The quantitative estimate of drug-likeness (QED) is 0.0175. The Morgan fingerprint density at radius 1 is 0.492 bits per heavy atom. The maximum absolute atomic E-state index is 14.8. The normalized spacial score (nSPS) is 14.4. The van der Waals surface area contributed by atoms with E-state index in [1.807, 2.05) is 0 Å². The van der Waals surface area contributed by atoms with Crippen LogP contribution in [0.5, 0.6) is 5.75 Å². The third-order valence-electron chi connectivity index (χ3n) is 19.1. The number of carboxylic acid groups (broad SMARTS) is 2. The van der Waals surface area contributed by atoms with E-state index in [1.165, 1.54) is 71.4 Å². The van der Waals surface area contributed by atoms with E-state index in [0.717, 1.165) is 0 Å². The number of aliphatic imine (C=N–C) groups is 1. The predicted octanol–water partition coefficient (Wildman–Crippen LogP) is -3.36. The van der Waals surface area contributed by atoms with Gasteiger partial charge in [-0.25, -0.2) is 9.78 Å². The van der Waals surface area contributed by atoms with Crippen molar-refractivity contribution in [2.75, 3.05) is 13.1 Å². The van der Waals surface area contributed by atoms with Crippen molar-refractivity contribution in [1.29, 1.82) is 0 Å². The van der Waals surface area contributed by atoms with Crippen molar-refractivity contribution >= 4 is 112 Å². The van der Waals surface area contributed by atoms with Crippen molar-refractivity contribution in [2.45, 2.75) is 296 Å². The van der Waals surface area contributed by atoms with Crippen LogP contribution in [0.3, 0.4) is 0 Å². The molecule has 0 aliphatic carbocycles. The summed E-state index contributed by atoms with van der Waals surface area (Å²) in [7, 11) is 0. The Morgan fingerprint density at radius 3 is 1.36 bits per heavy atom. The standard InChI is InChI=1S/C76H127N23O19.C2HF3O2.CH4/c1-13-15-19-46(90-68(113)53(34-39(3)4)94-66(111)50(27-30-56(79)102)92-70(115)59(41(7)14-2)97-67(112)51(28-31-57(103)104)96-73(118)76(11,12)99-71(116)58(40(5)6)98-72(117)75(9,10)83)64(109)95-54(36-44-37-84-38-86-44)69(114)91-49(26-29-55(78)101)65(110)89-48(21-18-33-85-74(81)82)62(107)87-42(8)61(106)88-47(20-16-17-32-77)63(108)93-52(60(80)105)35-43-22-24-45(100)25-23-43;3-2(4,5)1(6)7;/h22-25,37-42,46-54,58-59,100H,13-21,26-36,77,83H2,1-12H3,(H2,78,101)(H2,79,102)(H2,80,105)(H,84,86)(H,87,107)(H,88,106)(H,89,110)(H,90,113)(H,91,114)(H,92,115)(H,93,108)(H,94,111)(H,95,109)(H,96,118)(H,97,112)(H,98,117)(H,99,116)(H,103,104)(H4,81,82,85);(H,6,7);1H4/t41-,42-,46-,47-,48-,49-,50-,51-,52-,53-,54-,58-,59-;;/m0../s1. The van der Waals surface area contributed by atoms with Gasteiger partial charge in [0.15, 0.2) is 5.96 Å². The lowest BCUT2D eigenvalue weighted by Crippen LogP contribution is -2.64. The second kappa shape index (κ2) is 55.8. The molecule has 0 aliphatic heterocycles. The first-order chi connectivity index (χ1) is 58.1. The van der Waals surface area contributed by atoms with Crippen LogP contribution in [-0.4, -0.2) is 241 Å². The number of amides is 16. The van der Waals surface area contributed by atoms with Crippen molar-refractivity contribution in [3.05, 3.63) is 48.0 Å². The Balaban J connectivity index is 0.0000187. The van der Waals surface area contributed by atoms with Crippen LogP contribution >= 0.6 is 0 Å². The van der Waals surface area contributed by atoms with Gasteiger partial charge in [0.2, 0.25) is 94.5 Å². The minimum absolute atomic E-state index is 0. The van der Waals surface area contributed by atoms with Crippen LogP contribution in [-0.2, 0) is 99.1 Å². The number of hydrogen-bond donors (Lipinski definition) is 24. The zero-order valence-corrected chi connectivity index (χ0v) is 72.5. The molecule has 1 aromatic heterocycles. The molecule has 1 aromatic carbocycles. The van der Waals surface area contributed by atoms with Gasteiger partial charge in [-0.1, -0.05) is 87.3 Å². The van der Waals surface area contributed by atoms with E-state index in [9.17, 15) is 105 Å². The number of benzene rings is 1. The molecule has 0 aliphatic rings. The van der Waals surface area contributed by atoms with E-state index in [-0.39, 0.29) is 95.2 Å². The number of aromatic hydroxyl groups is 1. The molecule has 47 heteroatoms. The van der Waals surface area contributed by atoms with Gasteiger partial charge in [-0.2, -0.15) is 13.2 Å². The molecule has 2 aromatic rings. The number of carbonyl (C=O) groups excluding carboxylic acids is 16. The molecule has 2 rings (SSSR count). The van der Waals surface area contributed by atoms with Crippen LogP contribution in [0.2, 0.25) is 0 Å². The summed E-state index contributed by atoms with van der Waals surface area (Å²) < 4.78 is 31.7. The maximum atomic E-state index is 14.8. The molecule has 710 valence electrons. The molecule has 0 radical (unpaired) electrons. The van der Waals surface area contributed by atoms with Gasteiger partial charge in [-0.15, -0.1) is 0 Å². The van der Waals surface area contributed by atoms with Crippen LogP contribution in [0.1, 0.15) is 205 Å². The summed E-state index contributed by atoms with van der Waals surface area (Å²) in [4.78, 5) is 254. The molecule has 1 heterocycles. The van der Waals surface area contributed by atoms with Gasteiger partial charge in [-0.3, -0.25) is 86.5 Å². The highest BCUT2D eigenvalue weighted by atomic mass is 19.4. The monoisotopic (exact) mass is 1800 g/mol. The number of nitrogens with two attached hydrogens (primary N) is 7. The number of unbranched alkanes of at least 4 members (excludes halogenated alkanes) is 2. The number of nitrogens with one attached hydrogen (secondary N) is 14. The van der Waals surface area contributed by atoms with Gasteiger partial charge < -0.3 is 130 Å². The summed E-state index contributed by atoms with van der Waals surface area (Å²) in [6, 6.07) is -12.0. The fourth-order valence-electron chi connectivity index (χ4n) is 11.6. The van der Waals surface area contributed by atoms with E-state index >= 15 is 0 Å². The second-order valence-corrected chi connectivity index (χ2v) is 32.0. The highest BCUT2D eigenvalue weighted by Gasteiger charge is 2.42. The first kappa shape index (κ1) is 114. The molecule has 0 unspecified atom stereocenters. The molecule has 0 fully saturated rings. The van der Waals surface area contributed by atoms with Crippen molar-refractivity contribution in [1.82, 2.24) is 79.1 Å². The SMILES string of the molecule is C.CCCC[C@H](NC(=O)[C@H](CC(C)C)NC(=O)[C@H](CCC(N)=O)NC(=O)[C@@H](NC(=O)[C@H](CCC(=O)O)NC(=O)C(C)(C)NC(=O)[C@@H](NC(=O)C(C)(C)N)C(C)C)[C@@H](C)CC)C(=O)N[C@@H](Cc1cnc[nH]1)C(=O)N[C@@H](CCC(N)=O)C(=O)N[C@@H](CCCN=C(N)N)C(=O)N[C@@H](C)C(=O)N[C@@H](CCCCN)C(=O)N[C@@H](Cc1ccc(O)cc1)C(N)=O.O=C(O)C(F)(F)F. The third-order valence-corrected chi connectivity index (χ3v) is 19.1. The van der Waals surface area contributed by atoms with E-state index in [2.05, 4.69) is 84.1 Å². The summed E-state index contributed by atoms with van der Waals surface area (Å²) in [5, 5.41) is 60.0. The van der Waals surface area contributed by atoms with Gasteiger partial charge in [0.05, 0.1) is 11.9 Å². The van der Waals surface area contributed by atoms with Gasteiger partial charge in [0, 0.05) is 50.5 Å². The number of aromatic amines is 1. The lowest BCUT2D eigenvalue weighted by Gasteiger charge is -2.32. The molecule has 0 spiro atoms. The smallest absolute Gasteiger partial charge is 0.490 e. The fourth-order valence-corrected chi connectivity index (χ4v) is 11.6. The minimum Gasteiger partial charge on any atom is -0.508 e. The average molecular weight is 1800 g/mol. The molecular formula is C79H132F3N23O21. The Labute approximate surface area is 729 Å². The Kier molecular flexibility index (Phi) is 50.3. The van der Waals surface area contributed by atoms with Crippen molar-refractivity contribution in [2.24, 2.45) is 62.9 Å². The summed E-state index contributed by atoms with van der Waals surface area (Å²) in [5.74, 6) is -21.0. The zero-order valence-electron chi connectivity index (χ0n) is 72.5. The first-order valence-electron chi connectivity index (χ1n) is 40.7. The second-order valence-electron chi connectivity index (χ2n) is 32.0. The van der Waals surface area contributed by atoms with Gasteiger partial charge in [0.1, 0.15) is 83.8 Å². The summed E-state index contributed by atoms with van der Waals surface area (Å²) in [6.45, 7) is 18.6. The third kappa shape index (κ3) is 43.8. The van der Waals surface area contributed by atoms with Gasteiger partial charge >= 0.3 is 18.1 Å². The molecule has 0 saturated carbocycles. The topological polar surface area (TPSA) is 748 Å².